The van der Waals surface area contributed by atoms with E-state index >= 15 is 0 Å². The Kier molecular flexibility index (Phi) is 6.44. The van der Waals surface area contributed by atoms with Gasteiger partial charge in [-0.25, -0.2) is 0 Å². The standard InChI is InChI=1S/C27H35N3O2/c31-26(29-15-4-1-5-16-29)22-11-17-28(18-12-22)23-13-19-30(20-14-23)27(32)25-10-6-8-21-7-2-3-9-24(21)25/h2-3,6-10,22-23H,1,4-5,11-20H2. The number of rotatable bonds is 3. The molecule has 0 atom stereocenters. The second kappa shape index (κ2) is 9.62. The minimum absolute atomic E-state index is 0.158. The Morgan fingerprint density at radius 2 is 1.38 bits per heavy atom. The average molecular weight is 434 g/mol. The predicted octanol–water partition coefficient (Wildman–Crippen LogP) is 4.17. The van der Waals surface area contributed by atoms with Crippen molar-refractivity contribution < 1.29 is 9.59 Å². The average Bonchev–Trinajstić information content (AvgIpc) is 2.88. The van der Waals surface area contributed by atoms with Crippen LogP contribution in [0, 0.1) is 5.92 Å². The van der Waals surface area contributed by atoms with Gasteiger partial charge < -0.3 is 14.7 Å². The number of hydrogen-bond acceptors (Lipinski definition) is 3. The lowest BCUT2D eigenvalue weighted by Gasteiger charge is -2.42. The Hall–Kier alpha value is -2.40. The van der Waals surface area contributed by atoms with E-state index in [1.54, 1.807) is 0 Å². The fourth-order valence-electron chi connectivity index (χ4n) is 5.90. The third kappa shape index (κ3) is 4.40. The monoisotopic (exact) mass is 433 g/mol. The quantitative estimate of drug-likeness (QED) is 0.730. The van der Waals surface area contributed by atoms with Gasteiger partial charge in [0.15, 0.2) is 0 Å². The molecular weight excluding hydrogens is 398 g/mol. The number of nitrogens with zero attached hydrogens (tertiary/aromatic N) is 3. The molecule has 2 aromatic rings. The summed E-state index contributed by atoms with van der Waals surface area (Å²) in [5.74, 6) is 0.781. The summed E-state index contributed by atoms with van der Waals surface area (Å²) in [6, 6.07) is 14.7. The van der Waals surface area contributed by atoms with Crippen molar-refractivity contribution in [3.63, 3.8) is 0 Å². The molecule has 5 heteroatoms. The third-order valence-corrected chi connectivity index (χ3v) is 7.83. The summed E-state index contributed by atoms with van der Waals surface area (Å²) < 4.78 is 0. The smallest absolute Gasteiger partial charge is 0.254 e. The van der Waals surface area contributed by atoms with Crippen LogP contribution < -0.4 is 0 Å². The molecule has 3 aliphatic rings. The molecular formula is C27H35N3O2. The lowest BCUT2D eigenvalue weighted by atomic mass is 9.91. The summed E-state index contributed by atoms with van der Waals surface area (Å²) in [6.07, 6.45) is 7.64. The zero-order valence-electron chi connectivity index (χ0n) is 19.0. The number of amides is 2. The van der Waals surface area contributed by atoms with Gasteiger partial charge in [-0.1, -0.05) is 36.4 Å². The van der Waals surface area contributed by atoms with E-state index in [2.05, 4.69) is 21.9 Å². The number of carbonyl (C=O) groups is 2. The molecule has 170 valence electrons. The first-order valence-electron chi connectivity index (χ1n) is 12.5. The van der Waals surface area contributed by atoms with E-state index in [4.69, 9.17) is 0 Å². The van der Waals surface area contributed by atoms with Gasteiger partial charge in [0.2, 0.25) is 5.91 Å². The molecule has 0 aromatic heterocycles. The van der Waals surface area contributed by atoms with Crippen molar-refractivity contribution in [2.75, 3.05) is 39.3 Å². The van der Waals surface area contributed by atoms with Gasteiger partial charge in [0.25, 0.3) is 5.91 Å². The number of likely N-dealkylation sites (tertiary alicyclic amines) is 3. The number of hydrogen-bond donors (Lipinski definition) is 0. The molecule has 5 nitrogen and oxygen atoms in total. The maximum atomic E-state index is 13.2. The zero-order valence-corrected chi connectivity index (χ0v) is 19.0. The Morgan fingerprint density at radius 3 is 2.12 bits per heavy atom. The topological polar surface area (TPSA) is 43.9 Å². The molecule has 0 aliphatic carbocycles. The number of fused-ring (bicyclic) bond motifs is 1. The van der Waals surface area contributed by atoms with E-state index in [1.165, 1.54) is 19.3 Å². The van der Waals surface area contributed by atoms with E-state index in [9.17, 15) is 9.59 Å². The summed E-state index contributed by atoms with van der Waals surface area (Å²) in [7, 11) is 0. The van der Waals surface area contributed by atoms with Crippen molar-refractivity contribution >= 4 is 22.6 Å². The van der Waals surface area contributed by atoms with Crippen LogP contribution in [0.3, 0.4) is 0 Å². The van der Waals surface area contributed by atoms with Crippen molar-refractivity contribution in [1.29, 1.82) is 0 Å². The highest BCUT2D eigenvalue weighted by atomic mass is 16.2. The Morgan fingerprint density at radius 1 is 0.688 bits per heavy atom. The molecule has 0 radical (unpaired) electrons. The maximum absolute atomic E-state index is 13.2. The van der Waals surface area contributed by atoms with Crippen LogP contribution in [0.15, 0.2) is 42.5 Å². The van der Waals surface area contributed by atoms with E-state index in [0.29, 0.717) is 11.9 Å². The van der Waals surface area contributed by atoms with Crippen molar-refractivity contribution in [1.82, 2.24) is 14.7 Å². The first-order valence-corrected chi connectivity index (χ1v) is 12.5. The second-order valence-corrected chi connectivity index (χ2v) is 9.75. The van der Waals surface area contributed by atoms with Crippen LogP contribution in [-0.4, -0.2) is 71.8 Å². The summed E-state index contributed by atoms with van der Waals surface area (Å²) in [4.78, 5) is 32.8. The maximum Gasteiger partial charge on any atom is 0.254 e. The first kappa shape index (κ1) is 21.4. The van der Waals surface area contributed by atoms with E-state index in [-0.39, 0.29) is 11.8 Å². The molecule has 0 bridgehead atoms. The lowest BCUT2D eigenvalue weighted by Crippen LogP contribution is -2.50. The molecule has 2 aromatic carbocycles. The molecule has 3 saturated heterocycles. The molecule has 32 heavy (non-hydrogen) atoms. The minimum atomic E-state index is 0.158. The van der Waals surface area contributed by atoms with Gasteiger partial charge in [0.1, 0.15) is 0 Å². The summed E-state index contributed by atoms with van der Waals surface area (Å²) >= 11 is 0. The summed E-state index contributed by atoms with van der Waals surface area (Å²) in [6.45, 7) is 5.60. The van der Waals surface area contributed by atoms with Gasteiger partial charge >= 0.3 is 0 Å². The molecule has 5 rings (SSSR count). The number of carbonyl (C=O) groups excluding carboxylic acids is 2. The van der Waals surface area contributed by atoms with Crippen LogP contribution in [0.2, 0.25) is 0 Å². The van der Waals surface area contributed by atoms with Crippen molar-refractivity contribution in [3.8, 4) is 0 Å². The number of piperidine rings is 3. The summed E-state index contributed by atoms with van der Waals surface area (Å²) in [5, 5.41) is 2.16. The second-order valence-electron chi connectivity index (χ2n) is 9.75. The zero-order chi connectivity index (χ0) is 21.9. The van der Waals surface area contributed by atoms with Crippen molar-refractivity contribution in [3.05, 3.63) is 48.0 Å². The molecule has 0 unspecified atom stereocenters. The molecule has 2 amide bonds. The van der Waals surface area contributed by atoms with Gasteiger partial charge in [0.05, 0.1) is 0 Å². The Bertz CT molecular complexity index is 947. The highest BCUT2D eigenvalue weighted by Gasteiger charge is 2.33. The van der Waals surface area contributed by atoms with E-state index < -0.39 is 0 Å². The fraction of sp³-hybridized carbons (Fsp3) is 0.556. The van der Waals surface area contributed by atoms with E-state index in [1.807, 2.05) is 35.2 Å². The number of benzene rings is 2. The molecule has 0 N–H and O–H groups in total. The predicted molar refractivity (Wildman–Crippen MR) is 128 cm³/mol. The molecule has 3 heterocycles. The van der Waals surface area contributed by atoms with Crippen molar-refractivity contribution in [2.24, 2.45) is 5.92 Å². The third-order valence-electron chi connectivity index (χ3n) is 7.83. The lowest BCUT2D eigenvalue weighted by molar-refractivity contribution is -0.138. The van der Waals surface area contributed by atoms with Gasteiger partial charge in [-0.2, -0.15) is 0 Å². The molecule has 0 saturated carbocycles. The van der Waals surface area contributed by atoms with Crippen LogP contribution in [0.1, 0.15) is 55.3 Å². The van der Waals surface area contributed by atoms with E-state index in [0.717, 1.165) is 81.3 Å². The van der Waals surface area contributed by atoms with Crippen LogP contribution in [0.4, 0.5) is 0 Å². The Balaban J connectivity index is 1.13. The molecule has 3 aliphatic heterocycles. The normalized spacial score (nSPS) is 21.8. The van der Waals surface area contributed by atoms with Crippen LogP contribution in [0.25, 0.3) is 10.8 Å². The van der Waals surface area contributed by atoms with Gasteiger partial charge in [0, 0.05) is 43.7 Å². The van der Waals surface area contributed by atoms with Gasteiger partial charge in [-0.15, -0.1) is 0 Å². The largest absolute Gasteiger partial charge is 0.342 e. The molecule has 3 fully saturated rings. The minimum Gasteiger partial charge on any atom is -0.342 e. The van der Waals surface area contributed by atoms with Crippen LogP contribution in [-0.2, 0) is 4.79 Å². The first-order chi connectivity index (χ1) is 15.7. The Labute approximate surface area is 191 Å². The molecule has 0 spiro atoms. The van der Waals surface area contributed by atoms with Gasteiger partial charge in [-0.05, 0) is 74.9 Å². The van der Waals surface area contributed by atoms with Crippen LogP contribution >= 0.6 is 0 Å². The SMILES string of the molecule is O=C(c1cccc2ccccc12)N1CCC(N2CCC(C(=O)N3CCCCC3)CC2)CC1. The van der Waals surface area contributed by atoms with Gasteiger partial charge in [-0.3, -0.25) is 9.59 Å². The summed E-state index contributed by atoms with van der Waals surface area (Å²) in [5.41, 5.74) is 0.818. The highest BCUT2D eigenvalue weighted by molar-refractivity contribution is 6.07. The van der Waals surface area contributed by atoms with Crippen molar-refractivity contribution in [2.45, 2.75) is 51.0 Å². The highest BCUT2D eigenvalue weighted by Crippen LogP contribution is 2.27. The van der Waals surface area contributed by atoms with Crippen LogP contribution in [0.5, 0.6) is 0 Å². The fourth-order valence-corrected chi connectivity index (χ4v) is 5.90.